The van der Waals surface area contributed by atoms with E-state index in [9.17, 15) is 14.4 Å². The largest absolute Gasteiger partial charge is 0.466 e. The number of nitrogens with zero attached hydrogens (tertiary/aromatic N) is 3. The van der Waals surface area contributed by atoms with Crippen LogP contribution in [0.15, 0.2) is 47.5 Å². The predicted molar refractivity (Wildman–Crippen MR) is 122 cm³/mol. The van der Waals surface area contributed by atoms with Gasteiger partial charge in [0.05, 0.1) is 42.0 Å². The maximum absolute atomic E-state index is 12.1. The van der Waals surface area contributed by atoms with Gasteiger partial charge in [0.1, 0.15) is 0 Å². The number of aryl methyl sites for hydroxylation is 1. The number of ether oxygens (including phenoxy) is 2. The second kappa shape index (κ2) is 10.8. The number of hydrogen-bond acceptors (Lipinski definition) is 7. The molecule has 2 aromatic rings. The number of benzene rings is 1. The lowest BCUT2D eigenvalue weighted by Crippen LogP contribution is -2.27. The first-order chi connectivity index (χ1) is 15.4. The molecule has 0 aliphatic carbocycles. The van der Waals surface area contributed by atoms with Crippen LogP contribution in [-0.2, 0) is 23.9 Å². The Morgan fingerprint density at radius 3 is 2.66 bits per heavy atom. The number of hydrogen-bond donors (Lipinski definition) is 0. The number of aromatic nitrogens is 2. The van der Waals surface area contributed by atoms with Gasteiger partial charge in [-0.1, -0.05) is 30.0 Å². The van der Waals surface area contributed by atoms with Gasteiger partial charge in [-0.2, -0.15) is 5.10 Å². The van der Waals surface area contributed by atoms with Gasteiger partial charge in [-0.25, -0.2) is 14.3 Å². The van der Waals surface area contributed by atoms with Gasteiger partial charge < -0.3 is 14.4 Å². The van der Waals surface area contributed by atoms with Crippen molar-refractivity contribution in [3.05, 3.63) is 64.5 Å². The summed E-state index contributed by atoms with van der Waals surface area (Å²) in [5.41, 5.74) is 3.55. The van der Waals surface area contributed by atoms with Gasteiger partial charge in [0, 0.05) is 23.9 Å². The summed E-state index contributed by atoms with van der Waals surface area (Å²) < 4.78 is 11.7. The first kappa shape index (κ1) is 23.3. The molecule has 2 heterocycles. The Kier molecular flexibility index (Phi) is 7.88. The molecule has 0 saturated carbocycles. The van der Waals surface area contributed by atoms with Gasteiger partial charge in [-0.3, -0.25) is 4.79 Å². The Morgan fingerprint density at radius 2 is 1.94 bits per heavy atom. The minimum Gasteiger partial charge on any atom is -0.466 e. The smallest absolute Gasteiger partial charge is 0.333 e. The normalized spacial score (nSPS) is 15.0. The third-order valence-electron chi connectivity index (χ3n) is 4.86. The molecule has 0 atom stereocenters. The molecule has 0 radical (unpaired) electrons. The zero-order chi connectivity index (χ0) is 23.1. The first-order valence-electron chi connectivity index (χ1n) is 10.1. The maximum Gasteiger partial charge on any atom is 0.333 e. The van der Waals surface area contributed by atoms with Crippen molar-refractivity contribution < 1.29 is 23.9 Å². The number of esters is 2. The highest BCUT2D eigenvalue weighted by atomic mass is 32.2. The molecule has 1 saturated heterocycles. The van der Waals surface area contributed by atoms with E-state index in [1.54, 1.807) is 6.08 Å². The van der Waals surface area contributed by atoms with Crippen LogP contribution < -0.4 is 0 Å². The highest BCUT2D eigenvalue weighted by Crippen LogP contribution is 2.28. The van der Waals surface area contributed by atoms with E-state index >= 15 is 0 Å². The van der Waals surface area contributed by atoms with Crippen molar-refractivity contribution in [1.82, 2.24) is 14.7 Å². The summed E-state index contributed by atoms with van der Waals surface area (Å²) in [6.07, 6.45) is 4.84. The zero-order valence-electron chi connectivity index (χ0n) is 18.2. The van der Waals surface area contributed by atoms with E-state index in [1.807, 2.05) is 48.9 Å². The van der Waals surface area contributed by atoms with Gasteiger partial charge >= 0.3 is 11.9 Å². The fourth-order valence-electron chi connectivity index (χ4n) is 3.24. The highest BCUT2D eigenvalue weighted by molar-refractivity contribution is 8.04. The topological polar surface area (TPSA) is 90.7 Å². The average molecular weight is 456 g/mol. The average Bonchev–Trinajstić information content (AvgIpc) is 3.28. The fourth-order valence-corrected chi connectivity index (χ4v) is 4.20. The number of carbonyl (C=O) groups excluding carboxylic acids is 3. The van der Waals surface area contributed by atoms with Crippen molar-refractivity contribution in [2.75, 3.05) is 26.0 Å². The maximum atomic E-state index is 12.1. The molecule has 9 heteroatoms. The zero-order valence-corrected chi connectivity index (χ0v) is 19.1. The Balaban J connectivity index is 1.52. The molecule has 32 heavy (non-hydrogen) atoms. The minimum atomic E-state index is -0.509. The minimum absolute atomic E-state index is 0.0854. The molecular formula is C23H25N3O5S. The molecule has 168 valence electrons. The molecule has 1 aromatic heterocycles. The standard InChI is InChI=1S/C23H25N3O5S/c1-16-19(17(2)26(24-16)18-8-5-4-6-9-18)10-11-22(28)31-13-7-12-25-20(27)15-32-21(25)14-23(29)30-3/h4-6,8-11,14H,7,12-13,15H2,1-3H3/b11-10+,21-14+. The Bertz CT molecular complexity index is 1060. The van der Waals surface area contributed by atoms with E-state index < -0.39 is 11.9 Å². The van der Waals surface area contributed by atoms with Crippen LogP contribution in [0.5, 0.6) is 0 Å². The summed E-state index contributed by atoms with van der Waals surface area (Å²) in [6, 6.07) is 9.77. The van der Waals surface area contributed by atoms with E-state index in [0.29, 0.717) is 18.0 Å². The van der Waals surface area contributed by atoms with Crippen molar-refractivity contribution in [3.63, 3.8) is 0 Å². The monoisotopic (exact) mass is 455 g/mol. The number of thioether (sulfide) groups is 1. The van der Waals surface area contributed by atoms with Crippen molar-refractivity contribution in [2.45, 2.75) is 20.3 Å². The summed E-state index contributed by atoms with van der Waals surface area (Å²) >= 11 is 1.29. The molecule has 1 aromatic carbocycles. The fraction of sp³-hybridized carbons (Fsp3) is 0.304. The van der Waals surface area contributed by atoms with Gasteiger partial charge in [0.15, 0.2) is 0 Å². The molecule has 1 fully saturated rings. The number of carbonyl (C=O) groups is 3. The van der Waals surface area contributed by atoms with E-state index in [2.05, 4.69) is 9.84 Å². The molecular weight excluding hydrogens is 430 g/mol. The van der Waals surface area contributed by atoms with Crippen LogP contribution in [0.2, 0.25) is 0 Å². The van der Waals surface area contributed by atoms with Crippen LogP contribution in [0, 0.1) is 13.8 Å². The number of methoxy groups -OCH3 is 1. The molecule has 0 N–H and O–H groups in total. The van der Waals surface area contributed by atoms with Crippen LogP contribution in [0.25, 0.3) is 11.8 Å². The lowest BCUT2D eigenvalue weighted by molar-refractivity contribution is -0.138. The quantitative estimate of drug-likeness (QED) is 0.343. The Morgan fingerprint density at radius 1 is 1.19 bits per heavy atom. The molecule has 0 spiro atoms. The summed E-state index contributed by atoms with van der Waals surface area (Å²) in [4.78, 5) is 37.1. The summed E-state index contributed by atoms with van der Waals surface area (Å²) in [6.45, 7) is 4.35. The van der Waals surface area contributed by atoms with Crippen LogP contribution in [0.4, 0.5) is 0 Å². The molecule has 8 nitrogen and oxygen atoms in total. The molecule has 1 aliphatic heterocycles. The van der Waals surface area contributed by atoms with Crippen LogP contribution in [0.1, 0.15) is 23.4 Å². The van der Waals surface area contributed by atoms with Crippen LogP contribution >= 0.6 is 11.8 Å². The van der Waals surface area contributed by atoms with Crippen LogP contribution in [-0.4, -0.2) is 58.5 Å². The van der Waals surface area contributed by atoms with E-state index in [0.717, 1.165) is 22.6 Å². The SMILES string of the molecule is COC(=O)/C=C1/SCC(=O)N1CCCOC(=O)/C=C/c1c(C)nn(-c2ccccc2)c1C. The third kappa shape index (κ3) is 5.67. The highest BCUT2D eigenvalue weighted by Gasteiger charge is 2.27. The van der Waals surface area contributed by atoms with Gasteiger partial charge in [0.25, 0.3) is 0 Å². The lowest BCUT2D eigenvalue weighted by Gasteiger charge is -2.16. The third-order valence-corrected chi connectivity index (χ3v) is 5.88. The van der Waals surface area contributed by atoms with Crippen molar-refractivity contribution in [1.29, 1.82) is 0 Å². The molecule has 3 rings (SSSR count). The number of rotatable bonds is 8. The molecule has 0 unspecified atom stereocenters. The van der Waals surface area contributed by atoms with Crippen molar-refractivity contribution in [3.8, 4) is 5.69 Å². The second-order valence-corrected chi connectivity index (χ2v) is 8.02. The Labute approximate surface area is 190 Å². The Hall–Kier alpha value is -3.33. The van der Waals surface area contributed by atoms with Crippen molar-refractivity contribution >= 4 is 35.7 Å². The van der Waals surface area contributed by atoms with Crippen molar-refractivity contribution in [2.24, 2.45) is 0 Å². The number of amides is 1. The first-order valence-corrected chi connectivity index (χ1v) is 11.1. The summed E-state index contributed by atoms with van der Waals surface area (Å²) in [5, 5.41) is 5.10. The summed E-state index contributed by atoms with van der Waals surface area (Å²) in [7, 11) is 1.29. The lowest BCUT2D eigenvalue weighted by atomic mass is 10.2. The molecule has 1 amide bonds. The molecule has 0 bridgehead atoms. The van der Waals surface area contributed by atoms with Crippen LogP contribution in [0.3, 0.4) is 0 Å². The predicted octanol–water partition coefficient (Wildman–Crippen LogP) is 3.03. The van der Waals surface area contributed by atoms with Gasteiger partial charge in [-0.15, -0.1) is 0 Å². The van der Waals surface area contributed by atoms with Gasteiger partial charge in [-0.05, 0) is 38.5 Å². The summed E-state index contributed by atoms with van der Waals surface area (Å²) in [5.74, 6) is -0.785. The van der Waals surface area contributed by atoms with E-state index in [4.69, 9.17) is 4.74 Å². The van der Waals surface area contributed by atoms with Gasteiger partial charge in [0.2, 0.25) is 5.91 Å². The molecule has 1 aliphatic rings. The van der Waals surface area contributed by atoms with E-state index in [-0.39, 0.29) is 18.3 Å². The van der Waals surface area contributed by atoms with E-state index in [1.165, 1.54) is 35.9 Å². The second-order valence-electron chi connectivity index (χ2n) is 7.03. The number of para-hydroxylation sites is 1.